The minimum absolute atomic E-state index is 0.0206. The van der Waals surface area contributed by atoms with Crippen molar-refractivity contribution in [2.45, 2.75) is 25.8 Å². The topological polar surface area (TPSA) is 32.3 Å². The Balaban J connectivity index is 2.37. The molecule has 2 aromatic rings. The third kappa shape index (κ3) is 3.60. The maximum absolute atomic E-state index is 9.98. The average Bonchev–Trinajstić information content (AvgIpc) is 2.49. The van der Waals surface area contributed by atoms with Crippen LogP contribution in [0, 0.1) is 6.92 Å². The Morgan fingerprint density at radius 2 is 1.86 bits per heavy atom. The van der Waals surface area contributed by atoms with Crippen LogP contribution in [-0.2, 0) is 5.54 Å². The third-order valence-electron chi connectivity index (χ3n) is 3.78. The molecule has 0 amide bonds. The van der Waals surface area contributed by atoms with E-state index in [1.165, 1.54) is 5.56 Å². The minimum Gasteiger partial charge on any atom is -0.394 e. The van der Waals surface area contributed by atoms with Crippen molar-refractivity contribution in [2.75, 3.05) is 11.9 Å². The second kappa shape index (κ2) is 6.82. The molecule has 2 aromatic carbocycles. The number of halogens is 2. The van der Waals surface area contributed by atoms with E-state index in [2.05, 4.69) is 59.4 Å². The van der Waals surface area contributed by atoms with Crippen LogP contribution >= 0.6 is 27.5 Å². The highest BCUT2D eigenvalue weighted by Crippen LogP contribution is 2.32. The Kier molecular flexibility index (Phi) is 5.31. The summed E-state index contributed by atoms with van der Waals surface area (Å²) >= 11 is 9.46. The standard InChI is InChI=1S/C17H19BrClNO/c1-3-17(11-21,13-6-4-12(2)5-7-13)20-14-8-9-16(19)15(18)10-14/h4-10,20-21H,3,11H2,1-2H3. The summed E-state index contributed by atoms with van der Waals surface area (Å²) in [6, 6.07) is 13.9. The first-order chi connectivity index (χ1) is 10.0. The summed E-state index contributed by atoms with van der Waals surface area (Å²) in [6.45, 7) is 4.14. The highest BCUT2D eigenvalue weighted by molar-refractivity contribution is 9.10. The first kappa shape index (κ1) is 16.3. The van der Waals surface area contributed by atoms with Gasteiger partial charge in [0.05, 0.1) is 17.2 Å². The van der Waals surface area contributed by atoms with Gasteiger partial charge in [0, 0.05) is 10.2 Å². The third-order valence-corrected chi connectivity index (χ3v) is 4.99. The van der Waals surface area contributed by atoms with Crippen molar-refractivity contribution in [3.05, 3.63) is 63.1 Å². The molecule has 2 rings (SSSR count). The Labute approximate surface area is 139 Å². The van der Waals surface area contributed by atoms with E-state index < -0.39 is 5.54 Å². The smallest absolute Gasteiger partial charge is 0.0854 e. The van der Waals surface area contributed by atoms with Crippen molar-refractivity contribution in [3.63, 3.8) is 0 Å². The lowest BCUT2D eigenvalue weighted by atomic mass is 9.87. The number of nitrogens with one attached hydrogen (secondary N) is 1. The molecule has 0 saturated carbocycles. The van der Waals surface area contributed by atoms with Crippen molar-refractivity contribution >= 4 is 33.2 Å². The summed E-state index contributed by atoms with van der Waals surface area (Å²) in [6.07, 6.45) is 0.771. The van der Waals surface area contributed by atoms with Gasteiger partial charge in [-0.3, -0.25) is 0 Å². The first-order valence-corrected chi connectivity index (χ1v) is 8.09. The quantitative estimate of drug-likeness (QED) is 0.767. The molecular formula is C17H19BrClNO. The molecule has 2 N–H and O–H groups in total. The summed E-state index contributed by atoms with van der Waals surface area (Å²) in [5.74, 6) is 0. The number of aliphatic hydroxyl groups excluding tert-OH is 1. The van der Waals surface area contributed by atoms with E-state index in [4.69, 9.17) is 11.6 Å². The fraction of sp³-hybridized carbons (Fsp3) is 0.294. The van der Waals surface area contributed by atoms with Crippen LogP contribution in [0.15, 0.2) is 46.9 Å². The second-order valence-corrected chi connectivity index (χ2v) is 6.48. The zero-order valence-corrected chi connectivity index (χ0v) is 14.5. The monoisotopic (exact) mass is 367 g/mol. The lowest BCUT2D eigenvalue weighted by molar-refractivity contribution is 0.207. The summed E-state index contributed by atoms with van der Waals surface area (Å²) in [5.41, 5.74) is 2.70. The molecule has 1 atom stereocenters. The molecule has 0 saturated heterocycles. The first-order valence-electron chi connectivity index (χ1n) is 6.92. The molecule has 0 aliphatic carbocycles. The normalized spacial score (nSPS) is 13.8. The number of benzene rings is 2. The summed E-state index contributed by atoms with van der Waals surface area (Å²) in [4.78, 5) is 0. The van der Waals surface area contributed by atoms with E-state index in [9.17, 15) is 5.11 Å². The van der Waals surface area contributed by atoms with Crippen LogP contribution in [0.2, 0.25) is 5.02 Å². The second-order valence-electron chi connectivity index (χ2n) is 5.21. The number of aliphatic hydroxyl groups is 1. The fourth-order valence-electron chi connectivity index (χ4n) is 2.33. The predicted molar refractivity (Wildman–Crippen MR) is 93.0 cm³/mol. The zero-order valence-electron chi connectivity index (χ0n) is 12.2. The van der Waals surface area contributed by atoms with E-state index >= 15 is 0 Å². The van der Waals surface area contributed by atoms with Gasteiger partial charge in [0.25, 0.3) is 0 Å². The molecule has 2 nitrogen and oxygen atoms in total. The molecule has 0 spiro atoms. The van der Waals surface area contributed by atoms with Gasteiger partial charge in [-0.2, -0.15) is 0 Å². The number of aryl methyl sites for hydroxylation is 1. The molecule has 1 unspecified atom stereocenters. The SMILES string of the molecule is CCC(CO)(Nc1ccc(Cl)c(Br)c1)c1ccc(C)cc1. The molecule has 0 aliphatic heterocycles. The van der Waals surface area contributed by atoms with Gasteiger partial charge in [-0.1, -0.05) is 48.4 Å². The van der Waals surface area contributed by atoms with E-state index in [-0.39, 0.29) is 6.61 Å². The van der Waals surface area contributed by atoms with Crippen LogP contribution in [0.1, 0.15) is 24.5 Å². The fourth-order valence-corrected chi connectivity index (χ4v) is 2.83. The predicted octanol–water partition coefficient (Wildman–Crippen LogP) is 5.12. The van der Waals surface area contributed by atoms with Gasteiger partial charge in [0.15, 0.2) is 0 Å². The van der Waals surface area contributed by atoms with Crippen molar-refractivity contribution < 1.29 is 5.11 Å². The Bertz CT molecular complexity index is 609. The van der Waals surface area contributed by atoms with Crippen LogP contribution in [0.25, 0.3) is 0 Å². The van der Waals surface area contributed by atoms with Crippen molar-refractivity contribution in [1.82, 2.24) is 0 Å². The number of hydrogen-bond donors (Lipinski definition) is 2. The number of rotatable bonds is 5. The van der Waals surface area contributed by atoms with Crippen LogP contribution in [0.4, 0.5) is 5.69 Å². The van der Waals surface area contributed by atoms with Gasteiger partial charge in [-0.15, -0.1) is 0 Å². The van der Waals surface area contributed by atoms with E-state index in [0.717, 1.165) is 22.1 Å². The highest BCUT2D eigenvalue weighted by atomic mass is 79.9. The summed E-state index contributed by atoms with van der Waals surface area (Å²) < 4.78 is 0.834. The lowest BCUT2D eigenvalue weighted by Crippen LogP contribution is -2.38. The van der Waals surface area contributed by atoms with Gasteiger partial charge < -0.3 is 10.4 Å². The van der Waals surface area contributed by atoms with Crippen LogP contribution in [0.5, 0.6) is 0 Å². The number of anilines is 1. The molecular weight excluding hydrogens is 350 g/mol. The molecule has 112 valence electrons. The Hall–Kier alpha value is -1.03. The van der Waals surface area contributed by atoms with Gasteiger partial charge >= 0.3 is 0 Å². The maximum atomic E-state index is 9.98. The molecule has 0 aromatic heterocycles. The maximum Gasteiger partial charge on any atom is 0.0854 e. The van der Waals surface area contributed by atoms with Gasteiger partial charge in [-0.05, 0) is 53.0 Å². The van der Waals surface area contributed by atoms with E-state index in [1.54, 1.807) is 0 Å². The summed E-state index contributed by atoms with van der Waals surface area (Å²) in [7, 11) is 0. The van der Waals surface area contributed by atoms with Crippen molar-refractivity contribution in [2.24, 2.45) is 0 Å². The number of hydrogen-bond acceptors (Lipinski definition) is 2. The van der Waals surface area contributed by atoms with Crippen LogP contribution in [0.3, 0.4) is 0 Å². The molecule has 21 heavy (non-hydrogen) atoms. The lowest BCUT2D eigenvalue weighted by Gasteiger charge is -2.34. The molecule has 0 bridgehead atoms. The van der Waals surface area contributed by atoms with Gasteiger partial charge in [0.2, 0.25) is 0 Å². The molecule has 0 aliphatic rings. The molecule has 4 heteroatoms. The summed E-state index contributed by atoms with van der Waals surface area (Å²) in [5, 5.41) is 14.1. The molecule has 0 heterocycles. The van der Waals surface area contributed by atoms with Crippen LogP contribution < -0.4 is 5.32 Å². The van der Waals surface area contributed by atoms with Crippen LogP contribution in [-0.4, -0.2) is 11.7 Å². The Morgan fingerprint density at radius 3 is 2.38 bits per heavy atom. The van der Waals surface area contributed by atoms with E-state index in [0.29, 0.717) is 5.02 Å². The van der Waals surface area contributed by atoms with Crippen molar-refractivity contribution in [3.8, 4) is 0 Å². The van der Waals surface area contributed by atoms with Crippen molar-refractivity contribution in [1.29, 1.82) is 0 Å². The molecule has 0 radical (unpaired) electrons. The van der Waals surface area contributed by atoms with Gasteiger partial charge in [0.1, 0.15) is 0 Å². The highest BCUT2D eigenvalue weighted by Gasteiger charge is 2.29. The largest absolute Gasteiger partial charge is 0.394 e. The average molecular weight is 369 g/mol. The zero-order chi connectivity index (χ0) is 15.5. The van der Waals surface area contributed by atoms with E-state index in [1.807, 2.05) is 18.2 Å². The minimum atomic E-state index is -0.499. The van der Waals surface area contributed by atoms with Gasteiger partial charge in [-0.25, -0.2) is 0 Å². The Morgan fingerprint density at radius 1 is 1.19 bits per heavy atom. The molecule has 0 fully saturated rings.